The Morgan fingerprint density at radius 2 is 1.28 bits per heavy atom. The average molecular weight is 450 g/mol. The lowest BCUT2D eigenvalue weighted by atomic mass is 9.98. The second-order valence-corrected chi connectivity index (χ2v) is 9.56. The maximum Gasteiger partial charge on any atom is 0.231 e. The largest absolute Gasteiger partial charge is 0.378 e. The maximum absolute atomic E-state index is 12.2. The van der Waals surface area contributed by atoms with Gasteiger partial charge in [-0.25, -0.2) is 0 Å². The summed E-state index contributed by atoms with van der Waals surface area (Å²) in [5, 5.41) is 0. The van der Waals surface area contributed by atoms with E-state index in [0.29, 0.717) is 25.6 Å². The minimum absolute atomic E-state index is 0.0507. The lowest BCUT2D eigenvalue weighted by Crippen LogP contribution is -2.34. The van der Waals surface area contributed by atoms with Gasteiger partial charge in [0, 0.05) is 13.5 Å². The first-order chi connectivity index (χ1) is 15.6. The molecule has 0 aromatic carbocycles. The number of rotatable bonds is 19. The van der Waals surface area contributed by atoms with Crippen LogP contribution in [0.2, 0.25) is 0 Å². The number of nitrogens with zero attached hydrogens (tertiary/aromatic N) is 1. The van der Waals surface area contributed by atoms with Gasteiger partial charge in [-0.1, -0.05) is 89.7 Å². The number of ether oxygens (including phenoxy) is 1. The molecule has 0 atom stereocenters. The van der Waals surface area contributed by atoms with E-state index in [9.17, 15) is 9.59 Å². The lowest BCUT2D eigenvalue weighted by molar-refractivity contribution is -0.144. The Hall–Kier alpha value is -1.16. The first-order valence-corrected chi connectivity index (χ1v) is 13.7. The Labute approximate surface area is 198 Å². The zero-order chi connectivity index (χ0) is 23.3. The summed E-state index contributed by atoms with van der Waals surface area (Å²) in [5.74, 6) is -0.163. The molecular formula is C28H51NO3. The molecule has 4 heteroatoms. The van der Waals surface area contributed by atoms with Gasteiger partial charge in [-0.3, -0.25) is 14.5 Å². The second kappa shape index (κ2) is 20.4. The number of carbonyl (C=O) groups is 2. The number of hydrogen-bond donors (Lipinski definition) is 0. The number of carbonyl (C=O) groups excluding carboxylic acids is 2. The molecule has 1 rings (SSSR count). The van der Waals surface area contributed by atoms with Crippen molar-refractivity contribution in [2.45, 2.75) is 141 Å². The summed E-state index contributed by atoms with van der Waals surface area (Å²) in [5.41, 5.74) is 0. The van der Waals surface area contributed by atoms with E-state index in [2.05, 4.69) is 19.1 Å². The molecule has 0 heterocycles. The van der Waals surface area contributed by atoms with Crippen LogP contribution in [0.25, 0.3) is 0 Å². The van der Waals surface area contributed by atoms with Crippen molar-refractivity contribution in [2.24, 2.45) is 0 Å². The summed E-state index contributed by atoms with van der Waals surface area (Å²) in [7, 11) is 1.61. The highest BCUT2D eigenvalue weighted by Gasteiger charge is 2.18. The third-order valence-electron chi connectivity index (χ3n) is 6.62. The minimum Gasteiger partial charge on any atom is -0.378 e. The molecule has 0 radical (unpaired) electrons. The van der Waals surface area contributed by atoms with Crippen LogP contribution in [0.5, 0.6) is 0 Å². The molecule has 1 fully saturated rings. The van der Waals surface area contributed by atoms with Gasteiger partial charge in [-0.15, -0.1) is 0 Å². The average Bonchev–Trinajstić information content (AvgIpc) is 2.81. The van der Waals surface area contributed by atoms with E-state index in [-0.39, 0.29) is 11.8 Å². The number of hydrogen-bond acceptors (Lipinski definition) is 3. The Balaban J connectivity index is 1.91. The molecule has 0 aliphatic heterocycles. The highest BCUT2D eigenvalue weighted by atomic mass is 16.5. The Kier molecular flexibility index (Phi) is 18.4. The van der Waals surface area contributed by atoms with Crippen molar-refractivity contribution in [1.82, 2.24) is 4.90 Å². The zero-order valence-corrected chi connectivity index (χ0v) is 21.3. The van der Waals surface area contributed by atoms with Crippen molar-refractivity contribution in [3.8, 4) is 0 Å². The summed E-state index contributed by atoms with van der Waals surface area (Å²) in [6.45, 7) is 2.70. The van der Waals surface area contributed by atoms with Gasteiger partial charge in [0.2, 0.25) is 11.8 Å². The van der Waals surface area contributed by atoms with E-state index >= 15 is 0 Å². The van der Waals surface area contributed by atoms with Gasteiger partial charge in [0.25, 0.3) is 0 Å². The van der Waals surface area contributed by atoms with E-state index in [0.717, 1.165) is 25.7 Å². The van der Waals surface area contributed by atoms with Gasteiger partial charge in [-0.2, -0.15) is 0 Å². The summed E-state index contributed by atoms with van der Waals surface area (Å²) in [4.78, 5) is 25.7. The normalized spacial score (nSPS) is 14.8. The summed E-state index contributed by atoms with van der Waals surface area (Å²) in [6.07, 6.45) is 28.0. The van der Waals surface area contributed by atoms with Crippen LogP contribution < -0.4 is 0 Å². The van der Waals surface area contributed by atoms with E-state index < -0.39 is 0 Å². The van der Waals surface area contributed by atoms with Gasteiger partial charge in [0.05, 0.1) is 19.1 Å². The third kappa shape index (κ3) is 15.6. The molecule has 0 spiro atoms. The Morgan fingerprint density at radius 3 is 1.91 bits per heavy atom. The first kappa shape index (κ1) is 28.9. The maximum atomic E-state index is 12.2. The molecule has 4 nitrogen and oxygen atoms in total. The standard InChI is InChI=1S/C28H51NO3/c1-3-4-5-6-7-8-9-10-11-12-13-14-15-16-20-23-27(30)29(2)28(31)24-25-32-26-21-18-17-19-22-26/h10-11,26H,3-9,12-25H2,1-2H3/b11-10-. The van der Waals surface area contributed by atoms with E-state index in [1.807, 2.05) is 0 Å². The van der Waals surface area contributed by atoms with Crippen molar-refractivity contribution in [3.63, 3.8) is 0 Å². The van der Waals surface area contributed by atoms with Crippen LogP contribution in [0, 0.1) is 0 Å². The number of allylic oxidation sites excluding steroid dienone is 2. The summed E-state index contributed by atoms with van der Waals surface area (Å²) < 4.78 is 5.81. The van der Waals surface area contributed by atoms with Crippen LogP contribution in [0.1, 0.15) is 135 Å². The molecule has 0 N–H and O–H groups in total. The smallest absolute Gasteiger partial charge is 0.231 e. The third-order valence-corrected chi connectivity index (χ3v) is 6.62. The Morgan fingerprint density at radius 1 is 0.750 bits per heavy atom. The minimum atomic E-state index is -0.112. The molecule has 1 aliphatic carbocycles. The quantitative estimate of drug-likeness (QED) is 0.150. The van der Waals surface area contributed by atoms with Crippen molar-refractivity contribution < 1.29 is 14.3 Å². The fourth-order valence-corrected chi connectivity index (χ4v) is 4.37. The van der Waals surface area contributed by atoms with Gasteiger partial charge < -0.3 is 4.74 Å². The zero-order valence-electron chi connectivity index (χ0n) is 21.3. The van der Waals surface area contributed by atoms with E-state index in [1.54, 1.807) is 7.05 Å². The number of amides is 2. The van der Waals surface area contributed by atoms with Crippen molar-refractivity contribution in [2.75, 3.05) is 13.7 Å². The molecule has 0 unspecified atom stereocenters. The molecule has 1 saturated carbocycles. The lowest BCUT2D eigenvalue weighted by Gasteiger charge is -2.22. The molecule has 0 aromatic rings. The molecule has 0 saturated heterocycles. The van der Waals surface area contributed by atoms with Crippen LogP contribution in [-0.2, 0) is 14.3 Å². The van der Waals surface area contributed by atoms with Gasteiger partial charge in [0.15, 0.2) is 0 Å². The van der Waals surface area contributed by atoms with Crippen LogP contribution in [0.3, 0.4) is 0 Å². The van der Waals surface area contributed by atoms with Crippen molar-refractivity contribution in [1.29, 1.82) is 0 Å². The first-order valence-electron chi connectivity index (χ1n) is 13.7. The molecular weight excluding hydrogens is 398 g/mol. The van der Waals surface area contributed by atoms with Crippen LogP contribution in [0.15, 0.2) is 12.2 Å². The molecule has 0 aromatic heterocycles. The van der Waals surface area contributed by atoms with Gasteiger partial charge in [-0.05, 0) is 44.9 Å². The topological polar surface area (TPSA) is 46.6 Å². The number of unbranched alkanes of at least 4 members (excludes halogenated alkanes) is 11. The molecule has 186 valence electrons. The SMILES string of the molecule is CCCCCCCC/C=C\CCCCCCCC(=O)N(C)C(=O)CCOC1CCCCC1. The van der Waals surface area contributed by atoms with Crippen molar-refractivity contribution in [3.05, 3.63) is 12.2 Å². The molecule has 2 amide bonds. The molecule has 0 bridgehead atoms. The fourth-order valence-electron chi connectivity index (χ4n) is 4.37. The summed E-state index contributed by atoms with van der Waals surface area (Å²) >= 11 is 0. The fraction of sp³-hybridized carbons (Fsp3) is 0.857. The predicted octanol–water partition coefficient (Wildman–Crippen LogP) is 7.75. The van der Waals surface area contributed by atoms with Crippen molar-refractivity contribution >= 4 is 11.8 Å². The molecule has 32 heavy (non-hydrogen) atoms. The monoisotopic (exact) mass is 449 g/mol. The molecule has 1 aliphatic rings. The van der Waals surface area contributed by atoms with Crippen LogP contribution >= 0.6 is 0 Å². The van der Waals surface area contributed by atoms with E-state index in [1.165, 1.54) is 94.8 Å². The highest BCUT2D eigenvalue weighted by molar-refractivity contribution is 5.94. The van der Waals surface area contributed by atoms with Gasteiger partial charge in [0.1, 0.15) is 0 Å². The number of imide groups is 1. The second-order valence-electron chi connectivity index (χ2n) is 9.56. The summed E-state index contributed by atoms with van der Waals surface area (Å²) in [6, 6.07) is 0. The van der Waals surface area contributed by atoms with Crippen LogP contribution in [-0.4, -0.2) is 36.5 Å². The van der Waals surface area contributed by atoms with E-state index in [4.69, 9.17) is 4.74 Å². The highest BCUT2D eigenvalue weighted by Crippen LogP contribution is 2.20. The van der Waals surface area contributed by atoms with Gasteiger partial charge >= 0.3 is 0 Å². The Bertz CT molecular complexity index is 497. The van der Waals surface area contributed by atoms with Crippen LogP contribution in [0.4, 0.5) is 0 Å². The predicted molar refractivity (Wildman–Crippen MR) is 135 cm³/mol.